The summed E-state index contributed by atoms with van der Waals surface area (Å²) in [5.74, 6) is -0.0161. The van der Waals surface area contributed by atoms with E-state index in [2.05, 4.69) is 4.98 Å². The van der Waals surface area contributed by atoms with Crippen molar-refractivity contribution in [1.82, 2.24) is 4.98 Å². The third-order valence-corrected chi connectivity index (χ3v) is 2.59. The fraction of sp³-hybridized carbons (Fsp3) is 0.200. The van der Waals surface area contributed by atoms with Crippen molar-refractivity contribution in [3.63, 3.8) is 0 Å². The van der Waals surface area contributed by atoms with E-state index in [1.807, 2.05) is 0 Å². The minimum absolute atomic E-state index is 0.0351. The van der Waals surface area contributed by atoms with Crippen LogP contribution in [0, 0.1) is 5.82 Å². The van der Waals surface area contributed by atoms with Gasteiger partial charge in [-0.2, -0.15) is 0 Å². The molecule has 2 nitrogen and oxygen atoms in total. The van der Waals surface area contributed by atoms with E-state index >= 15 is 0 Å². The molecule has 0 N–H and O–H groups in total. The van der Waals surface area contributed by atoms with Crippen molar-refractivity contribution in [2.75, 3.05) is 5.75 Å². The van der Waals surface area contributed by atoms with Gasteiger partial charge in [0.05, 0.1) is 0 Å². The van der Waals surface area contributed by atoms with Crippen molar-refractivity contribution < 1.29 is 9.18 Å². The highest BCUT2D eigenvalue weighted by molar-refractivity contribution is 8.13. The molecule has 0 saturated heterocycles. The van der Waals surface area contributed by atoms with Crippen molar-refractivity contribution in [3.05, 3.63) is 34.9 Å². The average Bonchev–Trinajstić information content (AvgIpc) is 2.18. The maximum Gasteiger partial charge on any atom is 0.186 e. The predicted molar refractivity (Wildman–Crippen MR) is 61.4 cm³/mol. The molecular formula is C10H9ClFNOS. The van der Waals surface area contributed by atoms with Crippen LogP contribution in [0.1, 0.15) is 12.5 Å². The van der Waals surface area contributed by atoms with Gasteiger partial charge in [-0.15, -0.1) is 0 Å². The summed E-state index contributed by atoms with van der Waals surface area (Å²) >= 11 is 6.66. The summed E-state index contributed by atoms with van der Waals surface area (Å²) in [5, 5.41) is -0.107. The van der Waals surface area contributed by atoms with Crippen LogP contribution in [0.15, 0.2) is 18.3 Å². The molecule has 0 amide bonds. The van der Waals surface area contributed by atoms with E-state index in [0.717, 1.165) is 11.8 Å². The lowest BCUT2D eigenvalue weighted by Gasteiger charge is -1.97. The van der Waals surface area contributed by atoms with Gasteiger partial charge in [-0.1, -0.05) is 35.5 Å². The van der Waals surface area contributed by atoms with Crippen LogP contribution in [0.2, 0.25) is 5.15 Å². The number of hydrogen-bond donors (Lipinski definition) is 0. The molecule has 0 bridgehead atoms. The highest BCUT2D eigenvalue weighted by atomic mass is 35.5. The van der Waals surface area contributed by atoms with Crippen LogP contribution < -0.4 is 0 Å². The first-order valence-electron chi connectivity index (χ1n) is 4.21. The van der Waals surface area contributed by atoms with Gasteiger partial charge in [-0.25, -0.2) is 9.37 Å². The van der Waals surface area contributed by atoms with Gasteiger partial charge in [0.2, 0.25) is 0 Å². The molecule has 5 heteroatoms. The fourth-order valence-corrected chi connectivity index (χ4v) is 1.49. The van der Waals surface area contributed by atoms with Crippen molar-refractivity contribution in [3.8, 4) is 0 Å². The molecule has 0 aliphatic rings. The summed E-state index contributed by atoms with van der Waals surface area (Å²) < 4.78 is 13.3. The number of thioether (sulfide) groups is 1. The molecule has 80 valence electrons. The quantitative estimate of drug-likeness (QED) is 0.767. The van der Waals surface area contributed by atoms with Gasteiger partial charge in [0.25, 0.3) is 0 Å². The Hall–Kier alpha value is -0.870. The first-order valence-corrected chi connectivity index (χ1v) is 5.57. The molecule has 0 spiro atoms. The molecule has 0 radical (unpaired) electrons. The SMILES string of the molecule is CC(=O)SCC=Cc1ccnc(Cl)c1F. The molecule has 0 aliphatic carbocycles. The minimum atomic E-state index is -0.539. The summed E-state index contributed by atoms with van der Waals surface area (Å²) in [4.78, 5) is 14.2. The Morgan fingerprint density at radius 3 is 3.13 bits per heavy atom. The normalized spacial score (nSPS) is 10.9. The van der Waals surface area contributed by atoms with Gasteiger partial charge in [-0.3, -0.25) is 4.79 Å². The van der Waals surface area contributed by atoms with E-state index in [-0.39, 0.29) is 10.3 Å². The van der Waals surface area contributed by atoms with E-state index in [1.165, 1.54) is 19.2 Å². The zero-order chi connectivity index (χ0) is 11.3. The smallest absolute Gasteiger partial charge is 0.186 e. The average molecular weight is 246 g/mol. The Kier molecular flexibility index (Phi) is 4.78. The second-order valence-corrected chi connectivity index (χ2v) is 4.26. The van der Waals surface area contributed by atoms with E-state index in [4.69, 9.17) is 11.6 Å². The van der Waals surface area contributed by atoms with Gasteiger partial charge < -0.3 is 0 Å². The molecule has 1 aromatic rings. The molecular weight excluding hydrogens is 237 g/mol. The number of pyridine rings is 1. The van der Waals surface area contributed by atoms with Crippen LogP contribution in [0.3, 0.4) is 0 Å². The van der Waals surface area contributed by atoms with Crippen molar-refractivity contribution >= 4 is 34.6 Å². The van der Waals surface area contributed by atoms with Crippen LogP contribution >= 0.6 is 23.4 Å². The van der Waals surface area contributed by atoms with Crippen molar-refractivity contribution in [1.29, 1.82) is 0 Å². The zero-order valence-electron chi connectivity index (χ0n) is 8.04. The lowest BCUT2D eigenvalue weighted by molar-refractivity contribution is -0.109. The molecule has 0 atom stereocenters. The molecule has 0 unspecified atom stereocenters. The highest BCUT2D eigenvalue weighted by Crippen LogP contribution is 2.16. The van der Waals surface area contributed by atoms with E-state index in [9.17, 15) is 9.18 Å². The Labute approximate surface area is 96.5 Å². The van der Waals surface area contributed by atoms with Gasteiger partial charge in [0.15, 0.2) is 16.1 Å². The molecule has 0 saturated carbocycles. The molecule has 0 fully saturated rings. The number of halogens is 2. The monoisotopic (exact) mass is 245 g/mol. The number of carbonyl (C=O) groups excluding carboxylic acids is 1. The van der Waals surface area contributed by atoms with Crippen molar-refractivity contribution in [2.45, 2.75) is 6.92 Å². The Morgan fingerprint density at radius 1 is 1.73 bits per heavy atom. The highest BCUT2D eigenvalue weighted by Gasteiger charge is 2.03. The van der Waals surface area contributed by atoms with Crippen LogP contribution in [0.4, 0.5) is 4.39 Å². The third-order valence-electron chi connectivity index (χ3n) is 1.56. The Morgan fingerprint density at radius 2 is 2.47 bits per heavy atom. The van der Waals surface area contributed by atoms with Crippen LogP contribution in [-0.4, -0.2) is 15.9 Å². The topological polar surface area (TPSA) is 30.0 Å². The molecule has 1 aromatic heterocycles. The van der Waals surface area contributed by atoms with Crippen LogP contribution in [0.25, 0.3) is 6.08 Å². The number of rotatable bonds is 3. The Bertz CT molecular complexity index is 395. The summed E-state index contributed by atoms with van der Waals surface area (Å²) in [6.45, 7) is 1.49. The van der Waals surface area contributed by atoms with Gasteiger partial charge in [0, 0.05) is 24.4 Å². The number of carbonyl (C=O) groups is 1. The second-order valence-electron chi connectivity index (χ2n) is 2.71. The third kappa shape index (κ3) is 4.01. The van der Waals surface area contributed by atoms with Gasteiger partial charge in [-0.05, 0) is 6.07 Å². The standard InChI is InChI=1S/C10H9ClFNOS/c1-7(14)15-6-2-3-8-4-5-13-10(11)9(8)12/h2-5H,6H2,1H3. The van der Waals surface area contributed by atoms with Crippen molar-refractivity contribution in [2.24, 2.45) is 0 Å². The lowest BCUT2D eigenvalue weighted by Crippen LogP contribution is -1.87. The largest absolute Gasteiger partial charge is 0.288 e. The first kappa shape index (κ1) is 12.2. The summed E-state index contributed by atoms with van der Waals surface area (Å²) in [6, 6.07) is 1.52. The van der Waals surface area contributed by atoms with E-state index in [0.29, 0.717) is 11.3 Å². The maximum atomic E-state index is 13.3. The van der Waals surface area contributed by atoms with Gasteiger partial charge >= 0.3 is 0 Å². The van der Waals surface area contributed by atoms with Crippen LogP contribution in [0.5, 0.6) is 0 Å². The van der Waals surface area contributed by atoms with E-state index < -0.39 is 5.82 Å². The fourth-order valence-electron chi connectivity index (χ4n) is 0.901. The van der Waals surface area contributed by atoms with Crippen LogP contribution in [-0.2, 0) is 4.79 Å². The molecule has 1 rings (SSSR count). The Balaban J connectivity index is 2.64. The van der Waals surface area contributed by atoms with E-state index in [1.54, 1.807) is 12.2 Å². The summed E-state index contributed by atoms with van der Waals surface area (Å²) in [6.07, 6.45) is 4.73. The molecule has 1 heterocycles. The molecule has 0 aliphatic heterocycles. The molecule has 0 aromatic carbocycles. The first-order chi connectivity index (χ1) is 7.11. The lowest BCUT2D eigenvalue weighted by atomic mass is 10.2. The zero-order valence-corrected chi connectivity index (χ0v) is 9.61. The second kappa shape index (κ2) is 5.88. The molecule has 15 heavy (non-hydrogen) atoms. The number of nitrogens with zero attached hydrogens (tertiary/aromatic N) is 1. The summed E-state index contributed by atoms with van der Waals surface area (Å²) in [5.41, 5.74) is 0.374. The van der Waals surface area contributed by atoms with Gasteiger partial charge in [0.1, 0.15) is 0 Å². The minimum Gasteiger partial charge on any atom is -0.288 e. The summed E-state index contributed by atoms with van der Waals surface area (Å²) in [7, 11) is 0. The maximum absolute atomic E-state index is 13.3. The number of aromatic nitrogens is 1. The number of hydrogen-bond acceptors (Lipinski definition) is 3. The predicted octanol–water partition coefficient (Wildman–Crippen LogP) is 3.17.